The van der Waals surface area contributed by atoms with Gasteiger partial charge in [-0.05, 0) is 44.9 Å². The molecule has 3 nitrogen and oxygen atoms in total. The molecular formula is C15H20F3NO2. The number of alkyl halides is 3. The number of methoxy groups -OCH3 is 1. The van der Waals surface area contributed by atoms with E-state index in [4.69, 9.17) is 9.47 Å². The minimum absolute atomic E-state index is 0.0387. The minimum atomic E-state index is -4.42. The lowest BCUT2D eigenvalue weighted by atomic mass is 9.93. The highest BCUT2D eigenvalue weighted by Crippen LogP contribution is 2.38. The Kier molecular flexibility index (Phi) is 4.37. The average molecular weight is 303 g/mol. The van der Waals surface area contributed by atoms with Gasteiger partial charge in [0.1, 0.15) is 5.75 Å². The van der Waals surface area contributed by atoms with Crippen molar-refractivity contribution in [3.63, 3.8) is 0 Å². The molecule has 1 aromatic rings. The van der Waals surface area contributed by atoms with Crippen molar-refractivity contribution in [2.24, 2.45) is 0 Å². The summed E-state index contributed by atoms with van der Waals surface area (Å²) in [7, 11) is 1.35. The van der Waals surface area contributed by atoms with E-state index in [2.05, 4.69) is 5.32 Å². The summed E-state index contributed by atoms with van der Waals surface area (Å²) in [6, 6.07) is 3.93. The van der Waals surface area contributed by atoms with Crippen molar-refractivity contribution < 1.29 is 22.6 Å². The molecule has 0 aromatic heterocycles. The summed E-state index contributed by atoms with van der Waals surface area (Å²) in [5.41, 5.74) is -0.932. The van der Waals surface area contributed by atoms with Gasteiger partial charge in [-0.3, -0.25) is 0 Å². The second-order valence-corrected chi connectivity index (χ2v) is 5.85. The number of ether oxygens (including phenoxy) is 2. The van der Waals surface area contributed by atoms with Gasteiger partial charge in [0.05, 0.1) is 18.3 Å². The standard InChI is InChI=1S/C15H20F3NO2/c1-14(2)9-10(6-7-21-14)19-13-5-4-11(20-3)8-12(13)15(16,17)18/h4-5,8,10,19H,6-7,9H2,1-3H3. The summed E-state index contributed by atoms with van der Waals surface area (Å²) in [6.07, 6.45) is -3.07. The van der Waals surface area contributed by atoms with Gasteiger partial charge in [-0.15, -0.1) is 0 Å². The number of halogens is 3. The van der Waals surface area contributed by atoms with E-state index in [9.17, 15) is 13.2 Å². The Morgan fingerprint density at radius 2 is 2.05 bits per heavy atom. The fourth-order valence-electron chi connectivity index (χ4n) is 2.59. The zero-order valence-corrected chi connectivity index (χ0v) is 12.4. The van der Waals surface area contributed by atoms with Gasteiger partial charge in [0.25, 0.3) is 0 Å². The molecule has 0 amide bonds. The molecule has 1 aliphatic rings. The van der Waals surface area contributed by atoms with E-state index >= 15 is 0 Å². The van der Waals surface area contributed by atoms with Crippen molar-refractivity contribution >= 4 is 5.69 Å². The quantitative estimate of drug-likeness (QED) is 0.912. The predicted molar refractivity (Wildman–Crippen MR) is 74.7 cm³/mol. The van der Waals surface area contributed by atoms with E-state index in [-0.39, 0.29) is 23.1 Å². The van der Waals surface area contributed by atoms with Gasteiger partial charge < -0.3 is 14.8 Å². The molecule has 0 saturated carbocycles. The maximum absolute atomic E-state index is 13.2. The highest BCUT2D eigenvalue weighted by molar-refractivity contribution is 5.56. The van der Waals surface area contributed by atoms with Gasteiger partial charge in [-0.25, -0.2) is 0 Å². The SMILES string of the molecule is COc1ccc(NC2CCOC(C)(C)C2)c(C(F)(F)F)c1. The van der Waals surface area contributed by atoms with Crippen LogP contribution in [0, 0.1) is 0 Å². The number of nitrogens with one attached hydrogen (secondary N) is 1. The topological polar surface area (TPSA) is 30.5 Å². The van der Waals surface area contributed by atoms with Crippen LogP contribution >= 0.6 is 0 Å². The number of hydrogen-bond donors (Lipinski definition) is 1. The summed E-state index contributed by atoms with van der Waals surface area (Å²) in [6.45, 7) is 4.43. The van der Waals surface area contributed by atoms with Crippen molar-refractivity contribution in [2.75, 3.05) is 19.0 Å². The van der Waals surface area contributed by atoms with Gasteiger partial charge in [0.15, 0.2) is 0 Å². The fourth-order valence-corrected chi connectivity index (χ4v) is 2.59. The molecule has 0 spiro atoms. The van der Waals surface area contributed by atoms with E-state index in [1.165, 1.54) is 19.2 Å². The monoisotopic (exact) mass is 303 g/mol. The van der Waals surface area contributed by atoms with E-state index in [1.807, 2.05) is 13.8 Å². The largest absolute Gasteiger partial charge is 0.497 e. The predicted octanol–water partition coefficient (Wildman–Crippen LogP) is 4.08. The Bertz CT molecular complexity index is 500. The van der Waals surface area contributed by atoms with Gasteiger partial charge in [-0.1, -0.05) is 0 Å². The van der Waals surface area contributed by atoms with Crippen molar-refractivity contribution in [3.05, 3.63) is 23.8 Å². The first-order valence-electron chi connectivity index (χ1n) is 6.87. The maximum atomic E-state index is 13.2. The Labute approximate surface area is 122 Å². The van der Waals surface area contributed by atoms with Crippen LogP contribution in [-0.4, -0.2) is 25.4 Å². The van der Waals surface area contributed by atoms with Gasteiger partial charge >= 0.3 is 6.18 Å². The van der Waals surface area contributed by atoms with Crippen LogP contribution in [0.3, 0.4) is 0 Å². The average Bonchev–Trinajstić information content (AvgIpc) is 2.36. The summed E-state index contributed by atoms with van der Waals surface area (Å²) >= 11 is 0. The number of rotatable bonds is 3. The highest BCUT2D eigenvalue weighted by Gasteiger charge is 2.35. The Morgan fingerprint density at radius 3 is 2.62 bits per heavy atom. The molecule has 0 bridgehead atoms. The van der Waals surface area contributed by atoms with Crippen LogP contribution in [0.25, 0.3) is 0 Å². The van der Waals surface area contributed by atoms with Crippen LogP contribution < -0.4 is 10.1 Å². The Morgan fingerprint density at radius 1 is 1.33 bits per heavy atom. The van der Waals surface area contributed by atoms with Crippen LogP contribution in [0.2, 0.25) is 0 Å². The van der Waals surface area contributed by atoms with Crippen molar-refractivity contribution in [2.45, 2.75) is 44.5 Å². The first kappa shape index (κ1) is 15.9. The lowest BCUT2D eigenvalue weighted by Gasteiger charge is -2.36. The van der Waals surface area contributed by atoms with E-state index in [1.54, 1.807) is 0 Å². The molecule has 1 unspecified atom stereocenters. The van der Waals surface area contributed by atoms with Crippen LogP contribution in [0.5, 0.6) is 5.75 Å². The van der Waals surface area contributed by atoms with Gasteiger partial charge in [0, 0.05) is 18.3 Å². The van der Waals surface area contributed by atoms with Crippen LogP contribution in [-0.2, 0) is 10.9 Å². The second kappa shape index (κ2) is 5.75. The molecule has 1 saturated heterocycles. The third kappa shape index (κ3) is 4.03. The fraction of sp³-hybridized carbons (Fsp3) is 0.600. The van der Waals surface area contributed by atoms with Crippen molar-refractivity contribution in [3.8, 4) is 5.75 Å². The molecule has 6 heteroatoms. The van der Waals surface area contributed by atoms with E-state index in [0.717, 1.165) is 6.07 Å². The van der Waals surface area contributed by atoms with Crippen LogP contribution in [0.15, 0.2) is 18.2 Å². The number of anilines is 1. The summed E-state index contributed by atoms with van der Waals surface area (Å²) in [5.74, 6) is 0.195. The summed E-state index contributed by atoms with van der Waals surface area (Å²) in [4.78, 5) is 0. The normalized spacial score (nSPS) is 21.9. The van der Waals surface area contributed by atoms with Crippen molar-refractivity contribution in [1.29, 1.82) is 0 Å². The van der Waals surface area contributed by atoms with E-state index in [0.29, 0.717) is 19.4 Å². The lowest BCUT2D eigenvalue weighted by Crippen LogP contribution is -2.40. The molecular weight excluding hydrogens is 283 g/mol. The highest BCUT2D eigenvalue weighted by atomic mass is 19.4. The smallest absolute Gasteiger partial charge is 0.418 e. The first-order chi connectivity index (χ1) is 9.71. The zero-order valence-electron chi connectivity index (χ0n) is 12.4. The number of benzene rings is 1. The molecule has 118 valence electrons. The molecule has 1 atom stereocenters. The van der Waals surface area contributed by atoms with Crippen LogP contribution in [0.1, 0.15) is 32.3 Å². The van der Waals surface area contributed by atoms with Crippen molar-refractivity contribution in [1.82, 2.24) is 0 Å². The third-order valence-electron chi connectivity index (χ3n) is 3.59. The van der Waals surface area contributed by atoms with Crippen LogP contribution in [0.4, 0.5) is 18.9 Å². The van der Waals surface area contributed by atoms with Gasteiger partial charge in [-0.2, -0.15) is 13.2 Å². The second-order valence-electron chi connectivity index (χ2n) is 5.85. The maximum Gasteiger partial charge on any atom is 0.418 e. The molecule has 1 fully saturated rings. The Balaban J connectivity index is 2.23. The Hall–Kier alpha value is -1.43. The molecule has 0 aliphatic carbocycles. The molecule has 1 N–H and O–H groups in total. The molecule has 1 aliphatic heterocycles. The number of hydrogen-bond acceptors (Lipinski definition) is 3. The molecule has 0 radical (unpaired) electrons. The first-order valence-corrected chi connectivity index (χ1v) is 6.87. The third-order valence-corrected chi connectivity index (χ3v) is 3.59. The summed E-state index contributed by atoms with van der Waals surface area (Å²) < 4.78 is 49.9. The lowest BCUT2D eigenvalue weighted by molar-refractivity contribution is -0.137. The molecule has 1 aromatic carbocycles. The molecule has 2 rings (SSSR count). The summed E-state index contributed by atoms with van der Waals surface area (Å²) in [5, 5.41) is 3.01. The molecule has 21 heavy (non-hydrogen) atoms. The zero-order chi connectivity index (χ0) is 15.7. The van der Waals surface area contributed by atoms with E-state index < -0.39 is 11.7 Å². The minimum Gasteiger partial charge on any atom is -0.497 e. The molecule has 1 heterocycles. The van der Waals surface area contributed by atoms with Gasteiger partial charge in [0.2, 0.25) is 0 Å².